The van der Waals surface area contributed by atoms with Gasteiger partial charge in [0.25, 0.3) is 0 Å². The maximum absolute atomic E-state index is 13.9. The summed E-state index contributed by atoms with van der Waals surface area (Å²) in [4.78, 5) is 3.68. The van der Waals surface area contributed by atoms with E-state index in [-0.39, 0.29) is 5.69 Å². The van der Waals surface area contributed by atoms with Gasteiger partial charge in [0.15, 0.2) is 5.82 Å². The van der Waals surface area contributed by atoms with Gasteiger partial charge in [-0.1, -0.05) is 55.7 Å². The second-order valence-electron chi connectivity index (χ2n) is 7.15. The van der Waals surface area contributed by atoms with E-state index in [4.69, 9.17) is 0 Å². The number of hydrogen-bond donors (Lipinski definition) is 0. The summed E-state index contributed by atoms with van der Waals surface area (Å²) < 4.78 is 13.9. The van der Waals surface area contributed by atoms with Crippen LogP contribution in [-0.4, -0.2) is 5.16 Å². The first-order valence-electron chi connectivity index (χ1n) is 9.91. The quantitative estimate of drug-likeness (QED) is 0.219. The van der Waals surface area contributed by atoms with Crippen LogP contribution in [0.5, 0.6) is 0 Å². The zero-order valence-corrected chi connectivity index (χ0v) is 17.0. The van der Waals surface area contributed by atoms with E-state index in [1.54, 1.807) is 17.7 Å². The number of allylic oxidation sites excluding steroid dienone is 1. The Kier molecular flexibility index (Phi) is 7.31. The molecule has 1 nitrogen and oxygen atoms in total. The maximum Gasteiger partial charge on any atom is 0.150 e. The first-order chi connectivity index (χ1) is 13.7. The predicted molar refractivity (Wildman–Crippen MR) is 119 cm³/mol. The Morgan fingerprint density at radius 2 is 1.79 bits per heavy atom. The number of nitrogens with zero attached hydrogens (tertiary/aromatic N) is 1. The number of thiocarbonyl (C=S) groups is 1. The summed E-state index contributed by atoms with van der Waals surface area (Å²) in [5, 5.41) is 2.18. The lowest BCUT2D eigenvalue weighted by atomic mass is 9.88. The molecule has 0 atom stereocenters. The average Bonchev–Trinajstić information content (AvgIpc) is 2.71. The van der Waals surface area contributed by atoms with Crippen molar-refractivity contribution in [2.24, 2.45) is 4.99 Å². The second kappa shape index (κ2) is 10.1. The van der Waals surface area contributed by atoms with Crippen molar-refractivity contribution in [3.8, 4) is 11.8 Å². The van der Waals surface area contributed by atoms with Crippen LogP contribution in [-0.2, 0) is 6.42 Å². The summed E-state index contributed by atoms with van der Waals surface area (Å²) in [5.41, 5.74) is 5.99. The minimum absolute atomic E-state index is 0.187. The average molecular weight is 390 g/mol. The Bertz CT molecular complexity index is 987. The molecule has 3 heteroatoms. The Morgan fingerprint density at radius 1 is 1.00 bits per heavy atom. The number of halogens is 1. The third-order valence-corrected chi connectivity index (χ3v) is 5.13. The van der Waals surface area contributed by atoms with E-state index in [0.717, 1.165) is 18.4 Å². The van der Waals surface area contributed by atoms with Gasteiger partial charge in [0.1, 0.15) is 5.69 Å². The smallest absolute Gasteiger partial charge is 0.150 e. The molecule has 0 spiro atoms. The summed E-state index contributed by atoms with van der Waals surface area (Å²) in [7, 11) is 0. The Balaban J connectivity index is 1.70. The molecule has 0 heterocycles. The first-order valence-corrected chi connectivity index (χ1v) is 10.3. The van der Waals surface area contributed by atoms with Crippen molar-refractivity contribution in [3.63, 3.8) is 0 Å². The second-order valence-corrected chi connectivity index (χ2v) is 7.33. The summed E-state index contributed by atoms with van der Waals surface area (Å²) in [6, 6.07) is 11.1. The molecule has 2 aromatic rings. The van der Waals surface area contributed by atoms with Crippen molar-refractivity contribution in [1.82, 2.24) is 0 Å². The maximum atomic E-state index is 13.9. The number of fused-ring (bicyclic) bond motifs is 1. The van der Waals surface area contributed by atoms with Crippen LogP contribution in [0.15, 0.2) is 47.0 Å². The number of aryl methyl sites for hydroxylation is 1. The molecule has 0 amide bonds. The molecule has 0 N–H and O–H groups in total. The van der Waals surface area contributed by atoms with Gasteiger partial charge in [-0.3, -0.25) is 0 Å². The van der Waals surface area contributed by atoms with E-state index < -0.39 is 5.82 Å². The van der Waals surface area contributed by atoms with E-state index in [9.17, 15) is 4.39 Å². The van der Waals surface area contributed by atoms with Gasteiger partial charge in [0.05, 0.1) is 5.16 Å². The summed E-state index contributed by atoms with van der Waals surface area (Å²) >= 11 is 4.51. The number of unbranched alkanes of at least 4 members (excludes halogenated alkanes) is 3. The van der Waals surface area contributed by atoms with Gasteiger partial charge in [-0.25, -0.2) is 4.39 Å². The lowest BCUT2D eigenvalue weighted by Gasteiger charge is -2.17. The summed E-state index contributed by atoms with van der Waals surface area (Å²) in [6.45, 7) is 2.25. The Morgan fingerprint density at radius 3 is 2.54 bits per heavy atom. The van der Waals surface area contributed by atoms with Gasteiger partial charge in [0.2, 0.25) is 0 Å². The van der Waals surface area contributed by atoms with Crippen LogP contribution in [0, 0.1) is 17.7 Å². The molecule has 2 aromatic carbocycles. The van der Waals surface area contributed by atoms with Crippen molar-refractivity contribution < 1.29 is 4.39 Å². The third-order valence-electron chi connectivity index (χ3n) is 5.03. The predicted octanol–water partition coefficient (Wildman–Crippen LogP) is 7.26. The highest BCUT2D eigenvalue weighted by atomic mass is 32.1. The lowest BCUT2D eigenvalue weighted by Crippen LogP contribution is -2.00. The summed E-state index contributed by atoms with van der Waals surface area (Å²) in [6.07, 6.45) is 11.0. The molecule has 0 unspecified atom stereocenters. The molecule has 0 aliphatic heterocycles. The highest BCUT2D eigenvalue weighted by molar-refractivity contribution is 7.78. The molecular weight excluding hydrogens is 365 g/mol. The van der Waals surface area contributed by atoms with E-state index in [1.807, 2.05) is 6.07 Å². The highest BCUT2D eigenvalue weighted by Crippen LogP contribution is 2.28. The van der Waals surface area contributed by atoms with E-state index in [1.165, 1.54) is 49.3 Å². The third kappa shape index (κ3) is 5.49. The van der Waals surface area contributed by atoms with Crippen molar-refractivity contribution in [2.45, 2.75) is 51.9 Å². The largest absolute Gasteiger partial charge is 0.205 e. The minimum atomic E-state index is -0.439. The molecule has 1 aliphatic carbocycles. The topological polar surface area (TPSA) is 12.4 Å². The fraction of sp³-hybridized carbons (Fsp3) is 0.320. The van der Waals surface area contributed by atoms with E-state index in [0.29, 0.717) is 5.56 Å². The lowest BCUT2D eigenvalue weighted by molar-refractivity contribution is 0.629. The van der Waals surface area contributed by atoms with E-state index >= 15 is 0 Å². The van der Waals surface area contributed by atoms with Crippen LogP contribution in [0.4, 0.5) is 10.1 Å². The molecule has 0 bridgehead atoms. The molecule has 0 saturated heterocycles. The summed E-state index contributed by atoms with van der Waals surface area (Å²) in [5.74, 6) is 5.74. The van der Waals surface area contributed by atoms with E-state index in [2.05, 4.69) is 59.3 Å². The number of rotatable bonds is 6. The van der Waals surface area contributed by atoms with Gasteiger partial charge in [-0.05, 0) is 79.4 Å². The molecule has 142 valence electrons. The fourth-order valence-corrected chi connectivity index (χ4v) is 3.57. The normalized spacial score (nSPS) is 12.3. The molecule has 0 saturated carbocycles. The van der Waals surface area contributed by atoms with Crippen molar-refractivity contribution >= 4 is 29.1 Å². The number of benzene rings is 2. The standard InChI is InChI=1S/C25H24FNS/c1-2-3-4-5-6-19-9-12-23-16-20(10-13-22(23)15-19)7-8-21-11-14-25(27-18-28)24(26)17-21/h10-11,13-17H,2-6,9,12H2,1H3. The number of isothiocyanates is 1. The number of aliphatic imine (C=N–C) groups is 1. The monoisotopic (exact) mass is 389 g/mol. The molecular formula is C25H24FNS. The van der Waals surface area contributed by atoms with Crippen LogP contribution in [0.2, 0.25) is 0 Å². The van der Waals surface area contributed by atoms with Gasteiger partial charge < -0.3 is 0 Å². The van der Waals surface area contributed by atoms with Crippen molar-refractivity contribution in [2.75, 3.05) is 0 Å². The molecule has 0 radical (unpaired) electrons. The van der Waals surface area contributed by atoms with Crippen molar-refractivity contribution in [1.29, 1.82) is 0 Å². The molecule has 3 rings (SSSR count). The van der Waals surface area contributed by atoms with Gasteiger partial charge in [0, 0.05) is 11.1 Å². The van der Waals surface area contributed by atoms with Crippen LogP contribution in [0.3, 0.4) is 0 Å². The van der Waals surface area contributed by atoms with Gasteiger partial charge in [-0.15, -0.1) is 0 Å². The van der Waals surface area contributed by atoms with Crippen LogP contribution in [0.1, 0.15) is 67.7 Å². The molecule has 28 heavy (non-hydrogen) atoms. The van der Waals surface area contributed by atoms with Crippen LogP contribution >= 0.6 is 12.2 Å². The first kappa shape index (κ1) is 20.2. The molecule has 0 fully saturated rings. The van der Waals surface area contributed by atoms with Crippen LogP contribution < -0.4 is 0 Å². The Hall–Kier alpha value is -2.53. The highest BCUT2D eigenvalue weighted by Gasteiger charge is 2.10. The minimum Gasteiger partial charge on any atom is -0.205 e. The van der Waals surface area contributed by atoms with Gasteiger partial charge >= 0.3 is 0 Å². The number of hydrogen-bond acceptors (Lipinski definition) is 2. The van der Waals surface area contributed by atoms with Gasteiger partial charge in [-0.2, -0.15) is 4.99 Å². The van der Waals surface area contributed by atoms with Crippen molar-refractivity contribution in [3.05, 3.63) is 70.0 Å². The molecule has 1 aliphatic rings. The zero-order valence-electron chi connectivity index (χ0n) is 16.2. The SMILES string of the molecule is CCCCCCC1=Cc2ccc(C#Cc3ccc(N=C=S)c(F)c3)cc2CC1. The zero-order chi connectivity index (χ0) is 19.8. The molecule has 0 aromatic heterocycles. The van der Waals surface area contributed by atoms with Crippen LogP contribution in [0.25, 0.3) is 6.08 Å². The fourth-order valence-electron chi connectivity index (χ4n) is 3.47. The Labute approximate surface area is 172 Å².